The van der Waals surface area contributed by atoms with Gasteiger partial charge in [0.1, 0.15) is 0 Å². The summed E-state index contributed by atoms with van der Waals surface area (Å²) in [5, 5.41) is 16.2. The molecule has 14 heavy (non-hydrogen) atoms. The van der Waals surface area contributed by atoms with E-state index in [1.807, 2.05) is 0 Å². The highest BCUT2D eigenvalue weighted by molar-refractivity contribution is 6.31. The predicted molar refractivity (Wildman–Crippen MR) is 40.1 cm³/mol. The van der Waals surface area contributed by atoms with Crippen LogP contribution in [-0.4, -0.2) is 34.1 Å². The highest BCUT2D eigenvalue weighted by atomic mass is 16.6. The predicted octanol–water partition coefficient (Wildman–Crippen LogP) is -0.828. The second-order valence-electron chi connectivity index (χ2n) is 2.15. The maximum absolute atomic E-state index is 10.8. The molecule has 0 aliphatic heterocycles. The SMILES string of the molecule is C/C(=C\C(=O)O)C(=O)OC(=O)C(=O)O. The highest BCUT2D eigenvalue weighted by Crippen LogP contribution is 1.96. The minimum Gasteiger partial charge on any atom is -0.478 e. The smallest absolute Gasteiger partial charge is 0.425 e. The topological polar surface area (TPSA) is 118 Å². The molecule has 2 N–H and O–H groups in total. The average molecular weight is 202 g/mol. The number of ether oxygens (including phenoxy) is 1. The second-order valence-corrected chi connectivity index (χ2v) is 2.15. The van der Waals surface area contributed by atoms with Crippen molar-refractivity contribution in [1.29, 1.82) is 0 Å². The van der Waals surface area contributed by atoms with Gasteiger partial charge in [0.2, 0.25) is 0 Å². The van der Waals surface area contributed by atoms with E-state index in [1.165, 1.54) is 0 Å². The van der Waals surface area contributed by atoms with Crippen molar-refractivity contribution in [2.75, 3.05) is 0 Å². The van der Waals surface area contributed by atoms with Gasteiger partial charge in [-0.1, -0.05) is 0 Å². The van der Waals surface area contributed by atoms with Gasteiger partial charge in [-0.3, -0.25) is 0 Å². The molecule has 0 heterocycles. The van der Waals surface area contributed by atoms with Crippen LogP contribution in [0.3, 0.4) is 0 Å². The van der Waals surface area contributed by atoms with E-state index in [-0.39, 0.29) is 5.57 Å². The first-order valence-electron chi connectivity index (χ1n) is 3.25. The molecule has 0 atom stereocenters. The molecule has 0 saturated heterocycles. The molecular formula is C7H6O7. The van der Waals surface area contributed by atoms with Crippen LogP contribution >= 0.6 is 0 Å². The lowest BCUT2D eigenvalue weighted by Crippen LogP contribution is -2.21. The molecule has 0 aromatic rings. The Morgan fingerprint density at radius 2 is 1.57 bits per heavy atom. The maximum Gasteiger partial charge on any atom is 0.425 e. The molecule has 7 heteroatoms. The van der Waals surface area contributed by atoms with Crippen molar-refractivity contribution in [1.82, 2.24) is 0 Å². The molecule has 0 saturated carbocycles. The molecule has 0 aliphatic carbocycles. The number of carbonyl (C=O) groups is 4. The van der Waals surface area contributed by atoms with Crippen molar-refractivity contribution in [3.63, 3.8) is 0 Å². The molecule has 0 spiro atoms. The van der Waals surface area contributed by atoms with Gasteiger partial charge in [-0.25, -0.2) is 19.2 Å². The molecule has 7 nitrogen and oxygen atoms in total. The molecule has 76 valence electrons. The molecule has 0 aliphatic rings. The van der Waals surface area contributed by atoms with Gasteiger partial charge in [0.25, 0.3) is 0 Å². The van der Waals surface area contributed by atoms with Gasteiger partial charge in [-0.2, -0.15) is 0 Å². The van der Waals surface area contributed by atoms with Crippen molar-refractivity contribution < 1.29 is 34.1 Å². The molecule has 0 aromatic carbocycles. The van der Waals surface area contributed by atoms with Crippen molar-refractivity contribution in [3.8, 4) is 0 Å². The van der Waals surface area contributed by atoms with Crippen LogP contribution in [0.1, 0.15) is 6.92 Å². The van der Waals surface area contributed by atoms with Gasteiger partial charge in [0.15, 0.2) is 0 Å². The summed E-state index contributed by atoms with van der Waals surface area (Å²) in [6.07, 6.45) is 0.497. The Hall–Kier alpha value is -2.18. The first kappa shape index (κ1) is 11.8. The standard InChI is InChI=1S/C7H6O7/c1-3(2-4(8)9)6(12)14-7(13)5(10)11/h2H,1H3,(H,8,9)(H,10,11)/b3-2+. The summed E-state index contributed by atoms with van der Waals surface area (Å²) in [6.45, 7) is 1.07. The summed E-state index contributed by atoms with van der Waals surface area (Å²) in [7, 11) is 0. The molecule has 0 bridgehead atoms. The normalized spacial score (nSPS) is 10.5. The highest BCUT2D eigenvalue weighted by Gasteiger charge is 2.19. The lowest BCUT2D eigenvalue weighted by atomic mass is 10.3. The van der Waals surface area contributed by atoms with Gasteiger partial charge >= 0.3 is 23.9 Å². The van der Waals surface area contributed by atoms with Crippen LogP contribution in [0.25, 0.3) is 0 Å². The van der Waals surface area contributed by atoms with E-state index >= 15 is 0 Å². The third kappa shape index (κ3) is 4.00. The van der Waals surface area contributed by atoms with Crippen LogP contribution in [0.15, 0.2) is 11.6 Å². The first-order valence-corrected chi connectivity index (χ1v) is 3.25. The van der Waals surface area contributed by atoms with Crippen LogP contribution in [-0.2, 0) is 23.9 Å². The van der Waals surface area contributed by atoms with Crippen molar-refractivity contribution in [2.45, 2.75) is 6.92 Å². The summed E-state index contributed by atoms with van der Waals surface area (Å²) in [5.74, 6) is -6.39. The fraction of sp³-hybridized carbons (Fsp3) is 0.143. The number of carboxylic acids is 2. The Labute approximate surface area is 77.6 Å². The summed E-state index contributed by atoms with van der Waals surface area (Å²) in [5.41, 5.74) is -0.382. The monoisotopic (exact) mass is 202 g/mol. The van der Waals surface area contributed by atoms with Crippen molar-refractivity contribution in [3.05, 3.63) is 11.6 Å². The number of carboxylic acid groups (broad SMARTS) is 2. The third-order valence-electron chi connectivity index (χ3n) is 1.02. The van der Waals surface area contributed by atoms with Crippen LogP contribution in [0.4, 0.5) is 0 Å². The van der Waals surface area contributed by atoms with E-state index in [9.17, 15) is 19.2 Å². The quantitative estimate of drug-likeness (QED) is 0.259. The Kier molecular flexibility index (Phi) is 4.01. The number of hydrogen-bond acceptors (Lipinski definition) is 5. The fourth-order valence-corrected chi connectivity index (χ4v) is 0.452. The molecule has 0 amide bonds. The summed E-state index contributed by atoms with van der Waals surface area (Å²) >= 11 is 0. The van der Waals surface area contributed by atoms with E-state index in [4.69, 9.17) is 10.2 Å². The van der Waals surface area contributed by atoms with Crippen LogP contribution in [0, 0.1) is 0 Å². The minimum atomic E-state index is -1.93. The van der Waals surface area contributed by atoms with E-state index in [0.29, 0.717) is 6.08 Å². The van der Waals surface area contributed by atoms with E-state index < -0.39 is 23.9 Å². The van der Waals surface area contributed by atoms with E-state index in [2.05, 4.69) is 4.74 Å². The van der Waals surface area contributed by atoms with Gasteiger partial charge in [0.05, 0.1) is 0 Å². The van der Waals surface area contributed by atoms with Crippen molar-refractivity contribution in [2.24, 2.45) is 0 Å². The van der Waals surface area contributed by atoms with Gasteiger partial charge in [0, 0.05) is 11.6 Å². The van der Waals surface area contributed by atoms with E-state index in [0.717, 1.165) is 6.92 Å². The van der Waals surface area contributed by atoms with Crippen molar-refractivity contribution >= 4 is 23.9 Å². The van der Waals surface area contributed by atoms with Gasteiger partial charge in [-0.15, -0.1) is 0 Å². The molecule has 0 radical (unpaired) electrons. The van der Waals surface area contributed by atoms with Gasteiger partial charge < -0.3 is 14.9 Å². The lowest BCUT2D eigenvalue weighted by Gasteiger charge is -1.97. The zero-order valence-electron chi connectivity index (χ0n) is 7.01. The van der Waals surface area contributed by atoms with Crippen LogP contribution in [0.5, 0.6) is 0 Å². The Bertz CT molecular complexity index is 325. The number of hydrogen-bond donors (Lipinski definition) is 2. The van der Waals surface area contributed by atoms with Crippen LogP contribution in [0.2, 0.25) is 0 Å². The minimum absolute atomic E-state index is 0.382. The fourth-order valence-electron chi connectivity index (χ4n) is 0.452. The molecular weight excluding hydrogens is 196 g/mol. The Morgan fingerprint density at radius 1 is 1.07 bits per heavy atom. The van der Waals surface area contributed by atoms with E-state index in [1.54, 1.807) is 0 Å². The zero-order chi connectivity index (χ0) is 11.3. The molecule has 0 fully saturated rings. The van der Waals surface area contributed by atoms with Gasteiger partial charge in [-0.05, 0) is 6.92 Å². The number of rotatable bonds is 2. The van der Waals surface area contributed by atoms with Crippen LogP contribution < -0.4 is 0 Å². The average Bonchev–Trinajstić information content (AvgIpc) is 2.02. The molecule has 0 aromatic heterocycles. The molecule has 0 rings (SSSR count). The summed E-state index contributed by atoms with van der Waals surface area (Å²) in [6, 6.07) is 0. The lowest BCUT2D eigenvalue weighted by molar-refractivity contribution is -0.169. The molecule has 0 unspecified atom stereocenters. The number of esters is 2. The summed E-state index contributed by atoms with van der Waals surface area (Å²) < 4.78 is 3.77. The largest absolute Gasteiger partial charge is 0.478 e. The zero-order valence-corrected chi connectivity index (χ0v) is 7.01. The first-order chi connectivity index (χ1) is 6.34. The maximum atomic E-state index is 10.8. The summed E-state index contributed by atoms with van der Waals surface area (Å²) in [4.78, 5) is 41.0. The number of carbonyl (C=O) groups excluding carboxylic acids is 2. The second kappa shape index (κ2) is 4.75. The Balaban J connectivity index is 4.44. The third-order valence-corrected chi connectivity index (χ3v) is 1.02. The Morgan fingerprint density at radius 3 is 1.93 bits per heavy atom. The number of aliphatic carboxylic acids is 2.